The maximum atomic E-state index is 12.3. The quantitative estimate of drug-likeness (QED) is 0.871. The van der Waals surface area contributed by atoms with E-state index < -0.39 is 11.5 Å². The summed E-state index contributed by atoms with van der Waals surface area (Å²) in [6, 6.07) is 6.52. The van der Waals surface area contributed by atoms with E-state index in [9.17, 15) is 9.59 Å². The third-order valence-corrected chi connectivity index (χ3v) is 3.84. The van der Waals surface area contributed by atoms with Crippen LogP contribution < -0.4 is 10.6 Å². The molecule has 1 fully saturated rings. The van der Waals surface area contributed by atoms with Gasteiger partial charge in [0.2, 0.25) is 5.91 Å². The zero-order valence-electron chi connectivity index (χ0n) is 11.0. The number of carboxylic acid groups (broad SMARTS) is 1. The monoisotopic (exact) mass is 296 g/mol. The Morgan fingerprint density at radius 1 is 1.30 bits per heavy atom. The van der Waals surface area contributed by atoms with Gasteiger partial charge in [-0.3, -0.25) is 9.59 Å². The smallest absolute Gasteiger partial charge is 0.323 e. The SMILES string of the molecule is NC1(CC(=O)N(CC(=O)O)c2ccc(Cl)cc2)CCC1. The van der Waals surface area contributed by atoms with E-state index in [0.29, 0.717) is 10.7 Å². The van der Waals surface area contributed by atoms with Gasteiger partial charge in [0.25, 0.3) is 0 Å². The molecular weight excluding hydrogens is 280 g/mol. The van der Waals surface area contributed by atoms with Crippen LogP contribution in [-0.4, -0.2) is 29.1 Å². The molecule has 0 bridgehead atoms. The van der Waals surface area contributed by atoms with Crippen LogP contribution in [0.3, 0.4) is 0 Å². The summed E-state index contributed by atoms with van der Waals surface area (Å²) in [4.78, 5) is 24.5. The first kappa shape index (κ1) is 14.8. The Kier molecular flexibility index (Phi) is 4.30. The van der Waals surface area contributed by atoms with Crippen molar-refractivity contribution in [2.45, 2.75) is 31.2 Å². The zero-order valence-corrected chi connectivity index (χ0v) is 11.8. The zero-order chi connectivity index (χ0) is 14.8. The topological polar surface area (TPSA) is 83.6 Å². The van der Waals surface area contributed by atoms with Gasteiger partial charge in [0.1, 0.15) is 6.54 Å². The number of benzene rings is 1. The first-order chi connectivity index (χ1) is 9.39. The standard InChI is InChI=1S/C14H17ClN2O3/c15-10-2-4-11(5-3-10)17(9-13(19)20)12(18)8-14(16)6-1-7-14/h2-5H,1,6-9,16H2,(H,19,20). The van der Waals surface area contributed by atoms with Gasteiger partial charge in [-0.1, -0.05) is 11.6 Å². The number of hydrogen-bond acceptors (Lipinski definition) is 3. The molecule has 1 saturated carbocycles. The van der Waals surface area contributed by atoms with Crippen molar-refractivity contribution in [2.75, 3.05) is 11.4 Å². The van der Waals surface area contributed by atoms with Crippen molar-refractivity contribution in [3.8, 4) is 0 Å². The summed E-state index contributed by atoms with van der Waals surface area (Å²) in [6.07, 6.45) is 2.80. The third-order valence-electron chi connectivity index (χ3n) is 3.59. The minimum Gasteiger partial charge on any atom is -0.480 e. The van der Waals surface area contributed by atoms with Gasteiger partial charge in [0, 0.05) is 22.7 Å². The average Bonchev–Trinajstić information content (AvgIpc) is 2.35. The number of anilines is 1. The van der Waals surface area contributed by atoms with Crippen LogP contribution in [0, 0.1) is 0 Å². The van der Waals surface area contributed by atoms with Crippen molar-refractivity contribution in [3.05, 3.63) is 29.3 Å². The van der Waals surface area contributed by atoms with Crippen molar-refractivity contribution >= 4 is 29.2 Å². The summed E-state index contributed by atoms with van der Waals surface area (Å²) in [6.45, 7) is -0.378. The second-order valence-electron chi connectivity index (χ2n) is 5.24. The molecule has 0 aromatic heterocycles. The second-order valence-corrected chi connectivity index (χ2v) is 5.68. The lowest BCUT2D eigenvalue weighted by Gasteiger charge is -2.38. The van der Waals surface area contributed by atoms with E-state index in [0.717, 1.165) is 19.3 Å². The van der Waals surface area contributed by atoms with Gasteiger partial charge in [-0.2, -0.15) is 0 Å². The van der Waals surface area contributed by atoms with Crippen LogP contribution in [0.2, 0.25) is 5.02 Å². The largest absolute Gasteiger partial charge is 0.480 e. The highest BCUT2D eigenvalue weighted by molar-refractivity contribution is 6.30. The Balaban J connectivity index is 2.16. The Labute approximate surface area is 122 Å². The van der Waals surface area contributed by atoms with Crippen molar-refractivity contribution in [1.29, 1.82) is 0 Å². The van der Waals surface area contributed by atoms with Crippen LogP contribution in [-0.2, 0) is 9.59 Å². The van der Waals surface area contributed by atoms with Crippen molar-refractivity contribution in [1.82, 2.24) is 0 Å². The van der Waals surface area contributed by atoms with Gasteiger partial charge in [0.05, 0.1) is 0 Å². The van der Waals surface area contributed by atoms with Crippen LogP contribution in [0.4, 0.5) is 5.69 Å². The lowest BCUT2D eigenvalue weighted by Crippen LogP contribution is -2.51. The minimum absolute atomic E-state index is 0.170. The van der Waals surface area contributed by atoms with Crippen LogP contribution >= 0.6 is 11.6 Å². The van der Waals surface area contributed by atoms with E-state index >= 15 is 0 Å². The van der Waals surface area contributed by atoms with Gasteiger partial charge in [0.15, 0.2) is 0 Å². The molecule has 0 radical (unpaired) electrons. The first-order valence-corrected chi connectivity index (χ1v) is 6.84. The lowest BCUT2D eigenvalue weighted by molar-refractivity contribution is -0.136. The molecule has 0 atom stereocenters. The number of rotatable bonds is 5. The number of hydrogen-bond donors (Lipinski definition) is 2. The van der Waals surface area contributed by atoms with Crippen LogP contribution in [0.1, 0.15) is 25.7 Å². The fourth-order valence-electron chi connectivity index (χ4n) is 2.28. The average molecular weight is 297 g/mol. The Morgan fingerprint density at radius 3 is 2.35 bits per heavy atom. The van der Waals surface area contributed by atoms with Crippen molar-refractivity contribution in [2.24, 2.45) is 5.73 Å². The first-order valence-electron chi connectivity index (χ1n) is 6.46. The second kappa shape index (κ2) is 5.81. The number of halogens is 1. The molecule has 0 saturated heterocycles. The van der Waals surface area contributed by atoms with Gasteiger partial charge in [-0.05, 0) is 43.5 Å². The summed E-state index contributed by atoms with van der Waals surface area (Å²) < 4.78 is 0. The number of amides is 1. The van der Waals surface area contributed by atoms with Gasteiger partial charge < -0.3 is 15.7 Å². The number of carboxylic acids is 1. The number of carbonyl (C=O) groups is 2. The van der Waals surface area contributed by atoms with E-state index in [1.807, 2.05) is 0 Å². The molecule has 2 rings (SSSR count). The Morgan fingerprint density at radius 2 is 1.90 bits per heavy atom. The molecule has 20 heavy (non-hydrogen) atoms. The number of carbonyl (C=O) groups excluding carboxylic acids is 1. The number of nitrogens with zero attached hydrogens (tertiary/aromatic N) is 1. The van der Waals surface area contributed by atoms with Crippen molar-refractivity contribution in [3.63, 3.8) is 0 Å². The van der Waals surface area contributed by atoms with Gasteiger partial charge >= 0.3 is 5.97 Å². The normalized spacial score (nSPS) is 16.3. The number of aliphatic carboxylic acids is 1. The van der Waals surface area contributed by atoms with Crippen LogP contribution in [0.25, 0.3) is 0 Å². The Bertz CT molecular complexity index is 512. The molecule has 1 amide bonds. The van der Waals surface area contributed by atoms with E-state index in [1.165, 1.54) is 4.90 Å². The summed E-state index contributed by atoms with van der Waals surface area (Å²) in [5, 5.41) is 9.50. The van der Waals surface area contributed by atoms with Crippen LogP contribution in [0.15, 0.2) is 24.3 Å². The molecule has 1 aliphatic carbocycles. The predicted octanol–water partition coefficient (Wildman–Crippen LogP) is 2.03. The maximum Gasteiger partial charge on any atom is 0.323 e. The van der Waals surface area contributed by atoms with Crippen molar-refractivity contribution < 1.29 is 14.7 Å². The molecule has 1 aromatic carbocycles. The maximum absolute atomic E-state index is 12.3. The fraction of sp³-hybridized carbons (Fsp3) is 0.429. The molecule has 0 unspecified atom stereocenters. The van der Waals surface area contributed by atoms with Gasteiger partial charge in [-0.25, -0.2) is 0 Å². The summed E-state index contributed by atoms with van der Waals surface area (Å²) in [7, 11) is 0. The Hall–Kier alpha value is -1.59. The van der Waals surface area contributed by atoms with E-state index in [4.69, 9.17) is 22.4 Å². The molecule has 108 valence electrons. The summed E-state index contributed by atoms with van der Waals surface area (Å²) in [5.41, 5.74) is 6.10. The summed E-state index contributed by atoms with van der Waals surface area (Å²) in [5.74, 6) is -1.33. The predicted molar refractivity (Wildman–Crippen MR) is 76.8 cm³/mol. The molecule has 1 aromatic rings. The highest BCUT2D eigenvalue weighted by atomic mass is 35.5. The van der Waals surface area contributed by atoms with Gasteiger partial charge in [-0.15, -0.1) is 0 Å². The van der Waals surface area contributed by atoms with E-state index in [2.05, 4.69) is 0 Å². The minimum atomic E-state index is -1.06. The van der Waals surface area contributed by atoms with Crippen LogP contribution in [0.5, 0.6) is 0 Å². The molecule has 0 aliphatic heterocycles. The fourth-order valence-corrected chi connectivity index (χ4v) is 2.41. The molecule has 0 spiro atoms. The molecule has 6 heteroatoms. The van der Waals surface area contributed by atoms with E-state index in [-0.39, 0.29) is 18.9 Å². The molecule has 1 aliphatic rings. The summed E-state index contributed by atoms with van der Waals surface area (Å²) >= 11 is 5.80. The molecule has 0 heterocycles. The highest BCUT2D eigenvalue weighted by Crippen LogP contribution is 2.33. The lowest BCUT2D eigenvalue weighted by atomic mass is 9.75. The third kappa shape index (κ3) is 3.49. The van der Waals surface area contributed by atoms with E-state index in [1.54, 1.807) is 24.3 Å². The molecule has 3 N–H and O–H groups in total. The highest BCUT2D eigenvalue weighted by Gasteiger charge is 2.36. The molecule has 5 nitrogen and oxygen atoms in total. The molecular formula is C14H17ClN2O3. The number of nitrogens with two attached hydrogens (primary N) is 1.